The number of anilines is 2. The lowest BCUT2D eigenvalue weighted by molar-refractivity contribution is 0.102. The predicted molar refractivity (Wildman–Crippen MR) is 129 cm³/mol. The molecule has 0 saturated heterocycles. The van der Waals surface area contributed by atoms with Gasteiger partial charge in [-0.05, 0) is 47.5 Å². The van der Waals surface area contributed by atoms with E-state index in [9.17, 15) is 4.79 Å². The van der Waals surface area contributed by atoms with Crippen molar-refractivity contribution < 1.29 is 9.53 Å². The van der Waals surface area contributed by atoms with Crippen molar-refractivity contribution in [1.82, 2.24) is 15.0 Å². The average molecular weight is 425 g/mol. The van der Waals surface area contributed by atoms with E-state index in [2.05, 4.69) is 25.6 Å². The summed E-state index contributed by atoms with van der Waals surface area (Å²) in [4.78, 5) is 25.5. The number of ether oxygens (including phenoxy) is 1. The Bertz CT molecular complexity index is 1460. The number of benzene rings is 3. The lowest BCUT2D eigenvalue weighted by atomic mass is 10.1. The molecule has 2 heterocycles. The standard InChI is InChI=1S/C25H23N5O2/c1-3-12-32-21-14-16-7-5-4-6-15(16)13-18(21)24(31)30-25-28-20-9-8-19-17(10-11-27-19)22(20)23(26-2)29-25/h4-11,13-14,26H,3,12H2,1-2H3,(H2,28,29,30,31). The van der Waals surface area contributed by atoms with Gasteiger partial charge >= 0.3 is 0 Å². The summed E-state index contributed by atoms with van der Waals surface area (Å²) in [7, 11) is 1.81. The summed E-state index contributed by atoms with van der Waals surface area (Å²) in [5, 5.41) is 9.96. The van der Waals surface area contributed by atoms with Crippen molar-refractivity contribution in [1.29, 1.82) is 0 Å². The van der Waals surface area contributed by atoms with Crippen molar-refractivity contribution in [2.75, 3.05) is 24.3 Å². The number of rotatable bonds is 6. The highest BCUT2D eigenvalue weighted by Crippen LogP contribution is 2.31. The zero-order valence-electron chi connectivity index (χ0n) is 17.9. The van der Waals surface area contributed by atoms with Gasteiger partial charge < -0.3 is 15.0 Å². The van der Waals surface area contributed by atoms with Crippen LogP contribution in [0.15, 0.2) is 60.8 Å². The minimum Gasteiger partial charge on any atom is -0.493 e. The van der Waals surface area contributed by atoms with Crippen LogP contribution in [0.4, 0.5) is 11.8 Å². The van der Waals surface area contributed by atoms with Crippen LogP contribution in [0, 0.1) is 0 Å². The van der Waals surface area contributed by atoms with E-state index in [0.717, 1.165) is 39.0 Å². The van der Waals surface area contributed by atoms with Crippen LogP contribution in [0.25, 0.3) is 32.6 Å². The first-order chi connectivity index (χ1) is 15.7. The quantitative estimate of drug-likeness (QED) is 0.341. The summed E-state index contributed by atoms with van der Waals surface area (Å²) in [6, 6.07) is 17.5. The number of carbonyl (C=O) groups is 1. The number of H-pyrrole nitrogens is 1. The summed E-state index contributed by atoms with van der Waals surface area (Å²) in [5.74, 6) is 1.28. The third kappa shape index (κ3) is 3.47. The molecule has 5 rings (SSSR count). The van der Waals surface area contributed by atoms with E-state index in [1.807, 2.05) is 68.6 Å². The molecule has 0 saturated carbocycles. The molecule has 3 aromatic carbocycles. The van der Waals surface area contributed by atoms with Crippen molar-refractivity contribution in [2.45, 2.75) is 13.3 Å². The summed E-state index contributed by atoms with van der Waals surface area (Å²) in [5.41, 5.74) is 2.21. The number of hydrogen-bond donors (Lipinski definition) is 3. The lowest BCUT2D eigenvalue weighted by Gasteiger charge is -2.14. The largest absolute Gasteiger partial charge is 0.493 e. The Kier molecular flexibility index (Phi) is 5.07. The highest BCUT2D eigenvalue weighted by atomic mass is 16.5. The minimum atomic E-state index is -0.289. The Morgan fingerprint density at radius 3 is 2.69 bits per heavy atom. The third-order valence-corrected chi connectivity index (χ3v) is 5.41. The fourth-order valence-corrected chi connectivity index (χ4v) is 3.91. The number of nitrogens with one attached hydrogen (secondary N) is 3. The van der Waals surface area contributed by atoms with Gasteiger partial charge in [-0.3, -0.25) is 15.1 Å². The van der Waals surface area contributed by atoms with Crippen molar-refractivity contribution in [3.63, 3.8) is 0 Å². The number of amides is 1. The normalized spacial score (nSPS) is 11.2. The Labute approximate surface area is 184 Å². The molecule has 0 aliphatic rings. The van der Waals surface area contributed by atoms with E-state index in [0.29, 0.717) is 29.7 Å². The summed E-state index contributed by atoms with van der Waals surface area (Å²) in [6.07, 6.45) is 2.63. The SMILES string of the molecule is CCCOc1cc2ccccc2cc1C(=O)Nc1nc(NC)c2c(ccc3nccc32)[nH]1. The second-order valence-electron chi connectivity index (χ2n) is 7.55. The van der Waals surface area contributed by atoms with E-state index in [-0.39, 0.29) is 5.91 Å². The molecule has 160 valence electrons. The van der Waals surface area contributed by atoms with E-state index >= 15 is 0 Å². The topological polar surface area (TPSA) is 91.9 Å². The number of hydrogen-bond acceptors (Lipinski definition) is 5. The highest BCUT2D eigenvalue weighted by Gasteiger charge is 2.17. The Hall–Kier alpha value is -4.13. The van der Waals surface area contributed by atoms with Crippen molar-refractivity contribution >= 4 is 50.3 Å². The maximum atomic E-state index is 13.3. The smallest absolute Gasteiger partial charge is 0.261 e. The molecule has 0 unspecified atom stereocenters. The van der Waals surface area contributed by atoms with Gasteiger partial charge in [0.05, 0.1) is 28.6 Å². The Morgan fingerprint density at radius 2 is 1.91 bits per heavy atom. The van der Waals surface area contributed by atoms with Crippen LogP contribution in [0.1, 0.15) is 23.7 Å². The van der Waals surface area contributed by atoms with Gasteiger partial charge in [0.25, 0.3) is 5.91 Å². The highest BCUT2D eigenvalue weighted by molar-refractivity contribution is 6.12. The first-order valence-corrected chi connectivity index (χ1v) is 10.6. The number of nitrogens with zero attached hydrogens (tertiary/aromatic N) is 2. The van der Waals surface area contributed by atoms with Gasteiger partial charge in [0.15, 0.2) is 0 Å². The third-order valence-electron chi connectivity index (χ3n) is 5.41. The fraction of sp³-hybridized carbons (Fsp3) is 0.160. The van der Waals surface area contributed by atoms with Crippen LogP contribution in [0.3, 0.4) is 0 Å². The molecule has 7 nitrogen and oxygen atoms in total. The number of carbonyl (C=O) groups excluding carboxylic acids is 1. The molecular formula is C25H23N5O2. The van der Waals surface area contributed by atoms with E-state index < -0.39 is 0 Å². The summed E-state index contributed by atoms with van der Waals surface area (Å²) < 4.78 is 5.90. The lowest BCUT2D eigenvalue weighted by Crippen LogP contribution is -2.16. The Morgan fingerprint density at radius 1 is 1.09 bits per heavy atom. The molecule has 1 amide bonds. The number of aromatic amines is 1. The zero-order chi connectivity index (χ0) is 22.1. The van der Waals surface area contributed by atoms with E-state index in [4.69, 9.17) is 4.74 Å². The second kappa shape index (κ2) is 8.19. The molecular weight excluding hydrogens is 402 g/mol. The molecule has 0 aliphatic carbocycles. The molecule has 0 bridgehead atoms. The first-order valence-electron chi connectivity index (χ1n) is 10.6. The molecule has 7 heteroatoms. The minimum absolute atomic E-state index is 0.289. The van der Waals surface area contributed by atoms with Crippen LogP contribution >= 0.6 is 0 Å². The molecule has 5 aromatic rings. The van der Waals surface area contributed by atoms with Gasteiger partial charge in [-0.15, -0.1) is 0 Å². The van der Waals surface area contributed by atoms with Gasteiger partial charge in [-0.2, -0.15) is 4.98 Å². The molecule has 0 atom stereocenters. The monoisotopic (exact) mass is 425 g/mol. The molecule has 0 radical (unpaired) electrons. The van der Waals surface area contributed by atoms with E-state index in [1.54, 1.807) is 6.20 Å². The van der Waals surface area contributed by atoms with Gasteiger partial charge in [0.2, 0.25) is 5.95 Å². The van der Waals surface area contributed by atoms with Gasteiger partial charge in [0.1, 0.15) is 11.6 Å². The predicted octanol–water partition coefficient (Wildman–Crippen LogP) is 5.35. The average Bonchev–Trinajstić information content (AvgIpc) is 3.30. The number of fused-ring (bicyclic) bond motifs is 4. The molecule has 0 fully saturated rings. The number of aromatic nitrogens is 3. The summed E-state index contributed by atoms with van der Waals surface area (Å²) >= 11 is 0. The molecule has 3 N–H and O–H groups in total. The van der Waals surface area contributed by atoms with Gasteiger partial charge in [0, 0.05) is 18.6 Å². The molecule has 0 aliphatic heterocycles. The van der Waals surface area contributed by atoms with E-state index in [1.165, 1.54) is 0 Å². The van der Waals surface area contributed by atoms with Crippen LogP contribution < -0.4 is 15.4 Å². The fourth-order valence-electron chi connectivity index (χ4n) is 3.91. The molecule has 2 aromatic heterocycles. The van der Waals surface area contributed by atoms with Crippen LogP contribution in [0.2, 0.25) is 0 Å². The summed E-state index contributed by atoms with van der Waals surface area (Å²) in [6.45, 7) is 2.57. The van der Waals surface area contributed by atoms with Gasteiger partial charge in [-0.1, -0.05) is 31.2 Å². The maximum Gasteiger partial charge on any atom is 0.261 e. The van der Waals surface area contributed by atoms with Crippen molar-refractivity contribution in [2.24, 2.45) is 0 Å². The second-order valence-corrected chi connectivity index (χ2v) is 7.55. The zero-order valence-corrected chi connectivity index (χ0v) is 17.9. The van der Waals surface area contributed by atoms with Crippen LogP contribution in [-0.2, 0) is 0 Å². The first kappa shape index (κ1) is 19.8. The van der Waals surface area contributed by atoms with Crippen LogP contribution in [0.5, 0.6) is 5.75 Å². The van der Waals surface area contributed by atoms with Crippen molar-refractivity contribution in [3.8, 4) is 5.75 Å². The molecule has 0 spiro atoms. The molecule has 32 heavy (non-hydrogen) atoms. The van der Waals surface area contributed by atoms with Gasteiger partial charge in [-0.25, -0.2) is 0 Å². The van der Waals surface area contributed by atoms with Crippen molar-refractivity contribution in [3.05, 3.63) is 66.4 Å². The van der Waals surface area contributed by atoms with Crippen LogP contribution in [-0.4, -0.2) is 34.5 Å². The maximum absolute atomic E-state index is 13.3. The Balaban J connectivity index is 1.55.